The number of hydrogen-bond donors (Lipinski definition) is 1. The number of nitrogens with zero attached hydrogens (tertiary/aromatic N) is 1. The summed E-state index contributed by atoms with van der Waals surface area (Å²) in [6, 6.07) is 0.966. The molecule has 0 aromatic carbocycles. The van der Waals surface area contributed by atoms with E-state index in [9.17, 15) is 18.0 Å². The molecule has 0 amide bonds. The van der Waals surface area contributed by atoms with Crippen molar-refractivity contribution < 1.29 is 27.8 Å². The second-order valence-electron chi connectivity index (χ2n) is 2.33. The zero-order valence-corrected chi connectivity index (χ0v) is 7.63. The Morgan fingerprint density at radius 1 is 1.53 bits per heavy atom. The Morgan fingerprint density at radius 3 is 2.60 bits per heavy atom. The van der Waals surface area contributed by atoms with E-state index < -0.39 is 28.8 Å². The second kappa shape index (κ2) is 3.93. The molecule has 82 valence electrons. The molecule has 0 saturated carbocycles. The van der Waals surface area contributed by atoms with Gasteiger partial charge in [0.2, 0.25) is 5.88 Å². The summed E-state index contributed by atoms with van der Waals surface area (Å²) in [5.74, 6) is -2.45. The predicted octanol–water partition coefficient (Wildman–Crippen LogP) is 2.33. The number of aromatic carboxylic acids is 1. The Balaban J connectivity index is 3.10. The molecule has 0 aliphatic rings. The quantitative estimate of drug-likeness (QED) is 0.863. The molecule has 0 fully saturated rings. The summed E-state index contributed by atoms with van der Waals surface area (Å²) in [7, 11) is 0. The van der Waals surface area contributed by atoms with Crippen molar-refractivity contribution in [3.8, 4) is 5.88 Å². The van der Waals surface area contributed by atoms with Crippen LogP contribution in [0.2, 0.25) is 5.02 Å². The van der Waals surface area contributed by atoms with Crippen molar-refractivity contribution in [2.24, 2.45) is 0 Å². The lowest BCUT2D eigenvalue weighted by atomic mass is 10.3. The number of carbonyl (C=O) groups is 1. The van der Waals surface area contributed by atoms with Crippen LogP contribution in [0.5, 0.6) is 5.88 Å². The van der Waals surface area contributed by atoms with Crippen molar-refractivity contribution in [1.29, 1.82) is 0 Å². The van der Waals surface area contributed by atoms with Gasteiger partial charge in [-0.2, -0.15) is 0 Å². The molecule has 1 aromatic heterocycles. The maximum absolute atomic E-state index is 11.8. The molecular weight excluding hydrogens is 239 g/mol. The number of pyridine rings is 1. The monoisotopic (exact) mass is 241 g/mol. The lowest BCUT2D eigenvalue weighted by Crippen LogP contribution is -2.18. The number of halogens is 4. The fourth-order valence-corrected chi connectivity index (χ4v) is 1.00. The van der Waals surface area contributed by atoms with E-state index in [1.807, 2.05) is 0 Å². The number of rotatable bonds is 2. The third-order valence-corrected chi connectivity index (χ3v) is 1.67. The Morgan fingerprint density at radius 2 is 2.13 bits per heavy atom. The summed E-state index contributed by atoms with van der Waals surface area (Å²) in [6.07, 6.45) is -4.11. The minimum absolute atomic E-state index is 0.508. The van der Waals surface area contributed by atoms with Crippen LogP contribution in [-0.2, 0) is 0 Å². The van der Waals surface area contributed by atoms with Gasteiger partial charge in [0.25, 0.3) is 0 Å². The van der Waals surface area contributed by atoms with Gasteiger partial charge in [-0.25, -0.2) is 9.78 Å². The van der Waals surface area contributed by atoms with Gasteiger partial charge in [0.15, 0.2) is 0 Å². The molecule has 1 aromatic rings. The topological polar surface area (TPSA) is 59.4 Å². The van der Waals surface area contributed by atoms with Crippen molar-refractivity contribution in [2.75, 3.05) is 0 Å². The van der Waals surface area contributed by atoms with E-state index in [1.54, 1.807) is 0 Å². The first-order valence-electron chi connectivity index (χ1n) is 3.45. The maximum atomic E-state index is 11.8. The summed E-state index contributed by atoms with van der Waals surface area (Å²) in [6.45, 7) is 0. The van der Waals surface area contributed by atoms with E-state index in [-0.39, 0.29) is 0 Å². The molecule has 0 aliphatic heterocycles. The molecule has 1 rings (SSSR count). The SMILES string of the molecule is O=C(O)c1ccnc(OC(F)(F)F)c1Cl. The van der Waals surface area contributed by atoms with Crippen LogP contribution < -0.4 is 4.74 Å². The molecular formula is C7H3ClF3NO3. The zero-order valence-electron chi connectivity index (χ0n) is 6.88. The number of carboxylic acids is 1. The van der Waals surface area contributed by atoms with Crippen LogP contribution in [0.1, 0.15) is 10.4 Å². The minimum atomic E-state index is -4.96. The third-order valence-electron chi connectivity index (χ3n) is 1.30. The van der Waals surface area contributed by atoms with Crippen LogP contribution in [0.3, 0.4) is 0 Å². The largest absolute Gasteiger partial charge is 0.574 e. The minimum Gasteiger partial charge on any atom is -0.478 e. The van der Waals surface area contributed by atoms with Crippen molar-refractivity contribution in [1.82, 2.24) is 4.98 Å². The Hall–Kier alpha value is -1.50. The predicted molar refractivity (Wildman–Crippen MR) is 42.9 cm³/mol. The maximum Gasteiger partial charge on any atom is 0.574 e. The molecule has 0 saturated heterocycles. The summed E-state index contributed by atoms with van der Waals surface area (Å²) >= 11 is 5.34. The molecule has 0 unspecified atom stereocenters. The summed E-state index contributed by atoms with van der Waals surface area (Å²) in [5, 5.41) is 7.85. The number of aromatic nitrogens is 1. The van der Waals surface area contributed by atoms with Gasteiger partial charge in [0.05, 0.1) is 5.56 Å². The molecule has 1 heterocycles. The third kappa shape index (κ3) is 2.98. The Bertz CT molecular complexity index is 394. The average molecular weight is 242 g/mol. The summed E-state index contributed by atoms with van der Waals surface area (Å²) in [4.78, 5) is 13.7. The van der Waals surface area contributed by atoms with E-state index >= 15 is 0 Å². The van der Waals surface area contributed by atoms with Crippen molar-refractivity contribution >= 4 is 17.6 Å². The van der Waals surface area contributed by atoms with Crippen LogP contribution in [0.15, 0.2) is 12.3 Å². The molecule has 0 aliphatic carbocycles. The first kappa shape index (κ1) is 11.6. The highest BCUT2D eigenvalue weighted by Crippen LogP contribution is 2.30. The van der Waals surface area contributed by atoms with Gasteiger partial charge in [-0.05, 0) is 6.07 Å². The van der Waals surface area contributed by atoms with E-state index in [0.717, 1.165) is 12.3 Å². The summed E-state index contributed by atoms with van der Waals surface area (Å²) < 4.78 is 38.8. The normalized spacial score (nSPS) is 11.2. The van der Waals surface area contributed by atoms with Gasteiger partial charge < -0.3 is 9.84 Å². The number of carboxylic acid groups (broad SMARTS) is 1. The highest BCUT2D eigenvalue weighted by molar-refractivity contribution is 6.34. The van der Waals surface area contributed by atoms with Gasteiger partial charge in [-0.15, -0.1) is 13.2 Å². The molecule has 15 heavy (non-hydrogen) atoms. The highest BCUT2D eigenvalue weighted by atomic mass is 35.5. The van der Waals surface area contributed by atoms with Crippen LogP contribution in [0.25, 0.3) is 0 Å². The fraction of sp³-hybridized carbons (Fsp3) is 0.143. The second-order valence-corrected chi connectivity index (χ2v) is 2.71. The number of ether oxygens (including phenoxy) is 1. The first-order valence-corrected chi connectivity index (χ1v) is 3.82. The molecule has 0 radical (unpaired) electrons. The Labute approximate surface area is 86.3 Å². The van der Waals surface area contributed by atoms with Gasteiger partial charge >= 0.3 is 12.3 Å². The Kier molecular flexibility index (Phi) is 3.04. The molecule has 0 atom stereocenters. The number of hydrogen-bond acceptors (Lipinski definition) is 3. The number of alkyl halides is 3. The fourth-order valence-electron chi connectivity index (χ4n) is 0.770. The van der Waals surface area contributed by atoms with Gasteiger partial charge in [-0.3, -0.25) is 0 Å². The first-order chi connectivity index (χ1) is 6.81. The zero-order chi connectivity index (χ0) is 11.6. The van der Waals surface area contributed by atoms with E-state index in [2.05, 4.69) is 9.72 Å². The summed E-state index contributed by atoms with van der Waals surface area (Å²) in [5.41, 5.74) is -0.508. The van der Waals surface area contributed by atoms with Gasteiger partial charge in [0.1, 0.15) is 5.02 Å². The van der Waals surface area contributed by atoms with Crippen molar-refractivity contribution in [2.45, 2.75) is 6.36 Å². The van der Waals surface area contributed by atoms with Crippen LogP contribution in [0, 0.1) is 0 Å². The lowest BCUT2D eigenvalue weighted by molar-refractivity contribution is -0.276. The molecule has 4 nitrogen and oxygen atoms in total. The smallest absolute Gasteiger partial charge is 0.478 e. The molecule has 0 bridgehead atoms. The standard InChI is InChI=1S/C7H3ClF3NO3/c8-4-3(6(13)14)1-2-12-5(4)15-7(9,10)11/h1-2H,(H,13,14). The highest BCUT2D eigenvalue weighted by Gasteiger charge is 2.33. The van der Waals surface area contributed by atoms with Crippen molar-refractivity contribution in [3.63, 3.8) is 0 Å². The van der Waals surface area contributed by atoms with Gasteiger partial charge in [-0.1, -0.05) is 11.6 Å². The molecule has 0 spiro atoms. The molecule has 8 heteroatoms. The van der Waals surface area contributed by atoms with E-state index in [4.69, 9.17) is 16.7 Å². The van der Waals surface area contributed by atoms with Crippen LogP contribution >= 0.6 is 11.6 Å². The van der Waals surface area contributed by atoms with Crippen LogP contribution in [0.4, 0.5) is 13.2 Å². The van der Waals surface area contributed by atoms with E-state index in [0.29, 0.717) is 0 Å². The van der Waals surface area contributed by atoms with E-state index in [1.165, 1.54) is 0 Å². The van der Waals surface area contributed by atoms with Crippen molar-refractivity contribution in [3.05, 3.63) is 22.8 Å². The average Bonchev–Trinajstić information content (AvgIpc) is 2.05. The van der Waals surface area contributed by atoms with Gasteiger partial charge in [0, 0.05) is 6.20 Å². The van der Waals surface area contributed by atoms with Crippen LogP contribution in [-0.4, -0.2) is 22.4 Å². The molecule has 1 N–H and O–H groups in total. The lowest BCUT2D eigenvalue weighted by Gasteiger charge is -2.09.